The molecule has 0 radical (unpaired) electrons. The molecule has 0 aliphatic heterocycles. The Morgan fingerprint density at radius 3 is 2.68 bits per heavy atom. The number of hydrogen-bond acceptors (Lipinski definition) is 4. The van der Waals surface area contributed by atoms with Crippen molar-refractivity contribution in [3.63, 3.8) is 0 Å². The normalized spacial score (nSPS) is 12.6. The third kappa shape index (κ3) is 3.94. The van der Waals surface area contributed by atoms with Crippen molar-refractivity contribution in [2.45, 2.75) is 32.9 Å². The largest absolute Gasteiger partial charge is 0.299 e. The summed E-state index contributed by atoms with van der Waals surface area (Å²) in [4.78, 5) is 11.5. The maximum atomic E-state index is 4.69. The van der Waals surface area contributed by atoms with Gasteiger partial charge in [-0.1, -0.05) is 30.3 Å². The van der Waals surface area contributed by atoms with Crippen LogP contribution in [0.5, 0.6) is 0 Å². The van der Waals surface area contributed by atoms with Crippen LogP contribution in [0.3, 0.4) is 0 Å². The number of nitrogens with zero attached hydrogens (tertiary/aromatic N) is 5. The Morgan fingerprint density at radius 1 is 1.07 bits per heavy atom. The van der Waals surface area contributed by atoms with Gasteiger partial charge in [0.05, 0.1) is 6.20 Å². The lowest BCUT2D eigenvalue weighted by Gasteiger charge is -2.24. The third-order valence-corrected chi connectivity index (χ3v) is 5.16. The van der Waals surface area contributed by atoms with Gasteiger partial charge in [-0.3, -0.25) is 9.88 Å². The highest BCUT2D eigenvalue weighted by Crippen LogP contribution is 2.23. The predicted octanol–water partition coefficient (Wildman–Crippen LogP) is 4.16. The molecule has 1 unspecified atom stereocenters. The van der Waals surface area contributed by atoms with Crippen molar-refractivity contribution in [3.05, 3.63) is 84.1 Å². The molecule has 1 aromatic carbocycles. The van der Waals surface area contributed by atoms with Crippen LogP contribution in [0.4, 0.5) is 0 Å². The zero-order chi connectivity index (χ0) is 19.5. The molecular formula is C23H25N5. The molecule has 4 aromatic rings. The van der Waals surface area contributed by atoms with E-state index in [0.717, 1.165) is 41.0 Å². The molecule has 0 saturated heterocycles. The van der Waals surface area contributed by atoms with E-state index in [2.05, 4.69) is 65.3 Å². The monoisotopic (exact) mass is 371 g/mol. The van der Waals surface area contributed by atoms with Crippen molar-refractivity contribution in [1.82, 2.24) is 24.5 Å². The first-order chi connectivity index (χ1) is 13.6. The molecule has 5 nitrogen and oxygen atoms in total. The van der Waals surface area contributed by atoms with Crippen molar-refractivity contribution in [2.24, 2.45) is 0 Å². The summed E-state index contributed by atoms with van der Waals surface area (Å²) < 4.78 is 1.87. The van der Waals surface area contributed by atoms with Crippen LogP contribution in [0.25, 0.3) is 16.8 Å². The number of rotatable bonds is 6. The van der Waals surface area contributed by atoms with Gasteiger partial charge in [0.2, 0.25) is 0 Å². The molecule has 1 atom stereocenters. The maximum absolute atomic E-state index is 4.69. The second kappa shape index (κ2) is 7.90. The molecule has 0 spiro atoms. The Kier molecular flexibility index (Phi) is 5.17. The van der Waals surface area contributed by atoms with Gasteiger partial charge in [-0.25, -0.2) is 9.50 Å². The number of pyridine rings is 1. The maximum Gasteiger partial charge on any atom is 0.162 e. The van der Waals surface area contributed by atoms with E-state index in [1.165, 1.54) is 5.56 Å². The molecular weight excluding hydrogens is 346 g/mol. The lowest BCUT2D eigenvalue weighted by atomic mass is 10.1. The molecule has 0 fully saturated rings. The van der Waals surface area contributed by atoms with Gasteiger partial charge in [-0.2, -0.15) is 5.10 Å². The quantitative estimate of drug-likeness (QED) is 0.510. The van der Waals surface area contributed by atoms with E-state index in [-0.39, 0.29) is 0 Å². The SMILES string of the molecule is Cc1ccnc(CC(C)N(C)Cc2cnc3c(-c4ccccc4)cnn3c2)c1. The van der Waals surface area contributed by atoms with E-state index in [0.29, 0.717) is 6.04 Å². The van der Waals surface area contributed by atoms with Crippen LogP contribution in [0.1, 0.15) is 23.7 Å². The fourth-order valence-corrected chi connectivity index (χ4v) is 3.43. The minimum absolute atomic E-state index is 0.377. The summed E-state index contributed by atoms with van der Waals surface area (Å²) in [6, 6.07) is 14.8. The lowest BCUT2D eigenvalue weighted by Crippen LogP contribution is -2.30. The number of aromatic nitrogens is 4. The number of likely N-dealkylation sites (N-methyl/N-ethyl adjacent to an activating group) is 1. The van der Waals surface area contributed by atoms with E-state index >= 15 is 0 Å². The molecule has 5 heteroatoms. The molecule has 0 N–H and O–H groups in total. The molecule has 3 heterocycles. The van der Waals surface area contributed by atoms with Crippen molar-refractivity contribution in [2.75, 3.05) is 7.05 Å². The summed E-state index contributed by atoms with van der Waals surface area (Å²) in [6.45, 7) is 5.15. The van der Waals surface area contributed by atoms with Crippen molar-refractivity contribution in [1.29, 1.82) is 0 Å². The lowest BCUT2D eigenvalue weighted by molar-refractivity contribution is 0.246. The first-order valence-corrected chi connectivity index (χ1v) is 9.59. The van der Waals surface area contributed by atoms with E-state index < -0.39 is 0 Å². The minimum atomic E-state index is 0.377. The first kappa shape index (κ1) is 18.3. The second-order valence-electron chi connectivity index (χ2n) is 7.45. The number of hydrogen-bond donors (Lipinski definition) is 0. The highest BCUT2D eigenvalue weighted by Gasteiger charge is 2.13. The summed E-state index contributed by atoms with van der Waals surface area (Å²) in [5, 5.41) is 4.51. The van der Waals surface area contributed by atoms with Crippen LogP contribution >= 0.6 is 0 Å². The average molecular weight is 371 g/mol. The summed E-state index contributed by atoms with van der Waals surface area (Å²) in [5.74, 6) is 0. The van der Waals surface area contributed by atoms with Gasteiger partial charge in [0, 0.05) is 54.4 Å². The topological polar surface area (TPSA) is 46.3 Å². The van der Waals surface area contributed by atoms with Gasteiger partial charge in [0.1, 0.15) is 0 Å². The fraction of sp³-hybridized carbons (Fsp3) is 0.261. The zero-order valence-corrected chi connectivity index (χ0v) is 16.6. The minimum Gasteiger partial charge on any atom is -0.299 e. The summed E-state index contributed by atoms with van der Waals surface area (Å²) in [7, 11) is 2.14. The van der Waals surface area contributed by atoms with Crippen LogP contribution in [0, 0.1) is 6.92 Å². The molecule has 142 valence electrons. The Bertz CT molecular complexity index is 1070. The predicted molar refractivity (Wildman–Crippen MR) is 112 cm³/mol. The fourth-order valence-electron chi connectivity index (χ4n) is 3.43. The Balaban J connectivity index is 1.48. The standard InChI is InChI=1S/C23H25N5/c1-17-9-10-24-21(11-17)12-18(2)27(3)15-19-13-25-23-22(14-26-28(23)16-19)20-7-5-4-6-8-20/h4-11,13-14,16,18H,12,15H2,1-3H3. The molecule has 4 rings (SSSR count). The van der Waals surface area contributed by atoms with Crippen LogP contribution in [-0.2, 0) is 13.0 Å². The zero-order valence-electron chi connectivity index (χ0n) is 16.6. The van der Waals surface area contributed by atoms with Gasteiger partial charge in [0.25, 0.3) is 0 Å². The number of fused-ring (bicyclic) bond motifs is 1. The Hall–Kier alpha value is -3.05. The molecule has 0 aliphatic carbocycles. The van der Waals surface area contributed by atoms with E-state index in [4.69, 9.17) is 0 Å². The van der Waals surface area contributed by atoms with Gasteiger partial charge in [0.15, 0.2) is 5.65 Å². The Morgan fingerprint density at radius 2 is 1.89 bits per heavy atom. The van der Waals surface area contributed by atoms with Crippen LogP contribution in [0.2, 0.25) is 0 Å². The Labute approximate surface area is 165 Å². The van der Waals surface area contributed by atoms with Crippen LogP contribution < -0.4 is 0 Å². The molecule has 28 heavy (non-hydrogen) atoms. The van der Waals surface area contributed by atoms with Gasteiger partial charge >= 0.3 is 0 Å². The van der Waals surface area contributed by atoms with Crippen molar-refractivity contribution >= 4 is 5.65 Å². The molecule has 0 bridgehead atoms. The van der Waals surface area contributed by atoms with Gasteiger partial charge in [-0.05, 0) is 44.2 Å². The molecule has 0 amide bonds. The summed E-state index contributed by atoms with van der Waals surface area (Å²) in [6.07, 6.45) is 8.72. The first-order valence-electron chi connectivity index (χ1n) is 9.59. The van der Waals surface area contributed by atoms with E-state index in [1.807, 2.05) is 47.4 Å². The van der Waals surface area contributed by atoms with Gasteiger partial charge in [-0.15, -0.1) is 0 Å². The van der Waals surface area contributed by atoms with Crippen LogP contribution in [-0.4, -0.2) is 37.6 Å². The van der Waals surface area contributed by atoms with E-state index in [1.54, 1.807) is 0 Å². The van der Waals surface area contributed by atoms with Gasteiger partial charge < -0.3 is 0 Å². The number of benzene rings is 1. The molecule has 0 aliphatic rings. The highest BCUT2D eigenvalue weighted by atomic mass is 15.2. The average Bonchev–Trinajstić information content (AvgIpc) is 3.12. The molecule has 3 aromatic heterocycles. The molecule has 0 saturated carbocycles. The van der Waals surface area contributed by atoms with E-state index in [9.17, 15) is 0 Å². The van der Waals surface area contributed by atoms with Crippen LogP contribution in [0.15, 0.2) is 67.3 Å². The van der Waals surface area contributed by atoms with Crippen molar-refractivity contribution in [3.8, 4) is 11.1 Å². The van der Waals surface area contributed by atoms with Crippen molar-refractivity contribution < 1.29 is 0 Å². The third-order valence-electron chi connectivity index (χ3n) is 5.16. The summed E-state index contributed by atoms with van der Waals surface area (Å²) >= 11 is 0. The number of aryl methyl sites for hydroxylation is 1. The highest BCUT2D eigenvalue weighted by molar-refractivity contribution is 5.76. The smallest absolute Gasteiger partial charge is 0.162 e. The summed E-state index contributed by atoms with van der Waals surface area (Å²) in [5.41, 5.74) is 6.60. The second-order valence-corrected chi connectivity index (χ2v) is 7.45.